The van der Waals surface area contributed by atoms with E-state index in [0.29, 0.717) is 16.4 Å². The van der Waals surface area contributed by atoms with Gasteiger partial charge in [-0.25, -0.2) is 4.79 Å². The third-order valence-corrected chi connectivity index (χ3v) is 3.53. The molecule has 4 nitrogen and oxygen atoms in total. The van der Waals surface area contributed by atoms with Gasteiger partial charge >= 0.3 is 14.0 Å². The van der Waals surface area contributed by atoms with Gasteiger partial charge in [-0.1, -0.05) is 24.3 Å². The molecule has 0 aliphatic carbocycles. The molecule has 2 rings (SSSR count). The number of carbonyl (C=O) groups is 1. The van der Waals surface area contributed by atoms with Crippen molar-refractivity contribution >= 4 is 19.3 Å². The van der Waals surface area contributed by atoms with Crippen molar-refractivity contribution in [2.75, 3.05) is 7.11 Å². The molecule has 0 heterocycles. The van der Waals surface area contributed by atoms with Gasteiger partial charge in [0.2, 0.25) is 5.30 Å². The molecule has 5 heteroatoms. The van der Waals surface area contributed by atoms with Crippen LogP contribution in [0, 0.1) is 0 Å². The van der Waals surface area contributed by atoms with Gasteiger partial charge in [0.15, 0.2) is 0 Å². The van der Waals surface area contributed by atoms with Gasteiger partial charge < -0.3 is 4.74 Å². The topological polar surface area (TPSA) is 63.6 Å². The summed E-state index contributed by atoms with van der Waals surface area (Å²) in [7, 11) is -1.08. The molecular weight excluding hydrogens is 263 g/mol. The number of hydrogen-bond acceptors (Lipinski definition) is 3. The Labute approximate surface area is 111 Å². The number of esters is 1. The molecule has 0 amide bonds. The van der Waals surface area contributed by atoms with Crippen LogP contribution in [-0.4, -0.2) is 18.0 Å². The molecule has 0 radical (unpaired) electrons. The minimum atomic E-state index is -2.40. The standard InChI is InChI=1S/C14H11O4P/c1-18-14(15)11-8-6-10(7-9-11)12-4-2-3-5-13(12)19(16)17/h2-9H,1H3/p+1. The first-order valence-electron chi connectivity index (χ1n) is 5.57. The molecule has 0 aliphatic rings. The van der Waals surface area contributed by atoms with E-state index in [0.717, 1.165) is 5.56 Å². The summed E-state index contributed by atoms with van der Waals surface area (Å²) in [5.74, 6) is -0.409. The molecule has 0 spiro atoms. The summed E-state index contributed by atoms with van der Waals surface area (Å²) < 4.78 is 15.9. The van der Waals surface area contributed by atoms with Crippen LogP contribution in [0.2, 0.25) is 0 Å². The monoisotopic (exact) mass is 275 g/mol. The average Bonchev–Trinajstić information content (AvgIpc) is 2.46. The van der Waals surface area contributed by atoms with Gasteiger partial charge in [-0.3, -0.25) is 0 Å². The highest BCUT2D eigenvalue weighted by Crippen LogP contribution is 2.25. The Morgan fingerprint density at radius 2 is 1.74 bits per heavy atom. The van der Waals surface area contributed by atoms with Crippen molar-refractivity contribution in [3.63, 3.8) is 0 Å². The Bertz CT molecular complexity index is 620. The second-order valence-corrected chi connectivity index (χ2v) is 4.89. The van der Waals surface area contributed by atoms with Crippen LogP contribution in [0.25, 0.3) is 11.1 Å². The summed E-state index contributed by atoms with van der Waals surface area (Å²) in [6.45, 7) is 0. The average molecular weight is 275 g/mol. The van der Waals surface area contributed by atoms with Crippen molar-refractivity contribution in [1.82, 2.24) is 0 Å². The summed E-state index contributed by atoms with van der Waals surface area (Å²) in [4.78, 5) is 20.6. The fourth-order valence-electron chi connectivity index (χ4n) is 1.79. The first kappa shape index (κ1) is 13.4. The Morgan fingerprint density at radius 1 is 1.11 bits per heavy atom. The molecule has 0 bridgehead atoms. The first-order chi connectivity index (χ1) is 9.13. The number of rotatable bonds is 3. The van der Waals surface area contributed by atoms with Gasteiger partial charge in [0, 0.05) is 5.56 Å². The van der Waals surface area contributed by atoms with Crippen LogP contribution in [0.1, 0.15) is 10.4 Å². The molecule has 0 fully saturated rings. The molecule has 0 saturated heterocycles. The molecule has 0 aromatic heterocycles. The van der Waals surface area contributed by atoms with Crippen LogP contribution >= 0.6 is 8.03 Å². The maximum atomic E-state index is 11.3. The van der Waals surface area contributed by atoms with E-state index in [1.807, 2.05) is 0 Å². The predicted octanol–water partition coefficient (Wildman–Crippen LogP) is 2.50. The number of benzene rings is 2. The van der Waals surface area contributed by atoms with Gasteiger partial charge in [-0.05, 0) is 34.4 Å². The lowest BCUT2D eigenvalue weighted by Gasteiger charge is -2.03. The molecular formula is C14H12O4P+. The van der Waals surface area contributed by atoms with Gasteiger partial charge in [-0.2, -0.15) is 4.89 Å². The highest BCUT2D eigenvalue weighted by molar-refractivity contribution is 7.47. The van der Waals surface area contributed by atoms with Crippen LogP contribution in [0.5, 0.6) is 0 Å². The first-order valence-corrected chi connectivity index (χ1v) is 6.78. The Balaban J connectivity index is 2.43. The second kappa shape index (κ2) is 5.74. The van der Waals surface area contributed by atoms with E-state index in [-0.39, 0.29) is 0 Å². The summed E-state index contributed by atoms with van der Waals surface area (Å²) in [6, 6.07) is 13.6. The van der Waals surface area contributed by atoms with Crippen LogP contribution in [0.15, 0.2) is 48.5 Å². The normalized spacial score (nSPS) is 10.9. The van der Waals surface area contributed by atoms with Crippen LogP contribution in [0.4, 0.5) is 0 Å². The maximum absolute atomic E-state index is 11.3. The molecule has 96 valence electrons. The quantitative estimate of drug-likeness (QED) is 0.690. The minimum absolute atomic E-state index is 0.378. The molecule has 0 saturated carbocycles. The molecule has 0 aliphatic heterocycles. The van der Waals surface area contributed by atoms with Crippen LogP contribution in [-0.2, 0) is 9.30 Å². The molecule has 2 aromatic rings. The third-order valence-electron chi connectivity index (χ3n) is 2.73. The smallest absolute Gasteiger partial charge is 0.465 e. The van der Waals surface area contributed by atoms with Crippen molar-refractivity contribution in [3.05, 3.63) is 54.1 Å². The zero-order chi connectivity index (χ0) is 13.8. The Morgan fingerprint density at radius 3 is 2.32 bits per heavy atom. The SMILES string of the molecule is COC(=O)c1ccc(-c2ccccc2[P+](=O)O)cc1. The second-order valence-electron chi connectivity index (χ2n) is 3.86. The van der Waals surface area contributed by atoms with E-state index in [1.54, 1.807) is 48.5 Å². The van der Waals surface area contributed by atoms with Crippen LogP contribution in [0.3, 0.4) is 0 Å². The number of methoxy groups -OCH3 is 1. The zero-order valence-corrected chi connectivity index (χ0v) is 11.1. The van der Waals surface area contributed by atoms with E-state index in [1.165, 1.54) is 7.11 Å². The van der Waals surface area contributed by atoms with Gasteiger partial charge in [0.05, 0.1) is 12.7 Å². The molecule has 1 N–H and O–H groups in total. The van der Waals surface area contributed by atoms with E-state index < -0.39 is 14.0 Å². The van der Waals surface area contributed by atoms with Gasteiger partial charge in [0.1, 0.15) is 0 Å². The fourth-order valence-corrected chi connectivity index (χ4v) is 2.41. The van der Waals surface area contributed by atoms with Gasteiger partial charge in [0.25, 0.3) is 0 Å². The number of ether oxygens (including phenoxy) is 1. The molecule has 19 heavy (non-hydrogen) atoms. The maximum Gasteiger partial charge on any atom is 0.546 e. The molecule has 1 atom stereocenters. The summed E-state index contributed by atoms with van der Waals surface area (Å²) in [5.41, 5.74) is 1.90. The molecule has 1 unspecified atom stereocenters. The van der Waals surface area contributed by atoms with Crippen molar-refractivity contribution in [2.45, 2.75) is 0 Å². The Hall–Kier alpha value is -2.03. The highest BCUT2D eigenvalue weighted by Gasteiger charge is 2.21. The third kappa shape index (κ3) is 2.87. The lowest BCUT2D eigenvalue weighted by molar-refractivity contribution is 0.0601. The lowest BCUT2D eigenvalue weighted by Crippen LogP contribution is -2.02. The van der Waals surface area contributed by atoms with E-state index >= 15 is 0 Å². The van der Waals surface area contributed by atoms with E-state index in [4.69, 9.17) is 0 Å². The number of hydrogen-bond donors (Lipinski definition) is 1. The Kier molecular flexibility index (Phi) is 4.05. The highest BCUT2D eigenvalue weighted by atomic mass is 31.1. The van der Waals surface area contributed by atoms with Crippen molar-refractivity contribution in [1.29, 1.82) is 0 Å². The van der Waals surface area contributed by atoms with Crippen LogP contribution < -0.4 is 5.30 Å². The summed E-state index contributed by atoms with van der Waals surface area (Å²) in [6.07, 6.45) is 0. The summed E-state index contributed by atoms with van der Waals surface area (Å²) in [5, 5.41) is 0.378. The largest absolute Gasteiger partial charge is 0.546 e. The summed E-state index contributed by atoms with van der Waals surface area (Å²) >= 11 is 0. The van der Waals surface area contributed by atoms with Gasteiger partial charge in [-0.15, -0.1) is 0 Å². The van der Waals surface area contributed by atoms with E-state index in [9.17, 15) is 14.3 Å². The molecule has 2 aromatic carbocycles. The zero-order valence-electron chi connectivity index (χ0n) is 10.2. The van der Waals surface area contributed by atoms with Crippen molar-refractivity contribution in [2.24, 2.45) is 0 Å². The fraction of sp³-hybridized carbons (Fsp3) is 0.0714. The van der Waals surface area contributed by atoms with E-state index in [2.05, 4.69) is 4.74 Å². The minimum Gasteiger partial charge on any atom is -0.465 e. The number of carbonyl (C=O) groups excluding carboxylic acids is 1. The van der Waals surface area contributed by atoms with Crippen molar-refractivity contribution < 1.29 is 19.0 Å². The predicted molar refractivity (Wildman–Crippen MR) is 72.7 cm³/mol. The lowest BCUT2D eigenvalue weighted by atomic mass is 10.0. The van der Waals surface area contributed by atoms with Crippen molar-refractivity contribution in [3.8, 4) is 11.1 Å².